The minimum absolute atomic E-state index is 0.521. The number of hydrogen-bond donors (Lipinski definition) is 1. The second-order valence-electron chi connectivity index (χ2n) is 5.26. The molecule has 0 radical (unpaired) electrons. The van der Waals surface area contributed by atoms with E-state index in [4.69, 9.17) is 0 Å². The molecule has 2 fully saturated rings. The molecule has 11 heavy (non-hydrogen) atoms. The molecule has 0 aromatic heterocycles. The minimum atomic E-state index is 0.521. The van der Waals surface area contributed by atoms with Gasteiger partial charge >= 0.3 is 0 Å². The fourth-order valence-electron chi connectivity index (χ4n) is 2.78. The second kappa shape index (κ2) is 2.22. The Morgan fingerprint density at radius 1 is 1.18 bits per heavy atom. The largest absolute Gasteiger partial charge is 0.311 e. The molecule has 2 aliphatic heterocycles. The van der Waals surface area contributed by atoms with E-state index in [1.807, 2.05) is 0 Å². The third-order valence-corrected chi connectivity index (χ3v) is 3.41. The SMILES string of the molecule is CC(C)(C)C1C[C@@H]2CC[C@@H]1N2. The first-order valence-corrected chi connectivity index (χ1v) is 4.83. The Bertz CT molecular complexity index is 157. The smallest absolute Gasteiger partial charge is 0.0104 e. The molecule has 2 rings (SSSR count). The fourth-order valence-corrected chi connectivity index (χ4v) is 2.78. The standard InChI is InChI=1S/C10H19N/c1-10(2,3)8-6-7-4-5-9(8)11-7/h7-9,11H,4-6H2,1-3H3/t7-,8?,9-/m0/s1. The summed E-state index contributed by atoms with van der Waals surface area (Å²) in [4.78, 5) is 0. The van der Waals surface area contributed by atoms with Gasteiger partial charge in [-0.3, -0.25) is 0 Å². The van der Waals surface area contributed by atoms with E-state index in [1.54, 1.807) is 0 Å². The van der Waals surface area contributed by atoms with Crippen molar-refractivity contribution < 1.29 is 0 Å². The van der Waals surface area contributed by atoms with Gasteiger partial charge in [-0.1, -0.05) is 20.8 Å². The van der Waals surface area contributed by atoms with Crippen molar-refractivity contribution in [1.29, 1.82) is 0 Å². The van der Waals surface area contributed by atoms with Crippen molar-refractivity contribution in [3.05, 3.63) is 0 Å². The maximum atomic E-state index is 3.68. The maximum Gasteiger partial charge on any atom is 0.0104 e. The van der Waals surface area contributed by atoms with Crippen LogP contribution in [-0.2, 0) is 0 Å². The van der Waals surface area contributed by atoms with Gasteiger partial charge in [0.2, 0.25) is 0 Å². The minimum Gasteiger partial charge on any atom is -0.311 e. The summed E-state index contributed by atoms with van der Waals surface area (Å²) >= 11 is 0. The van der Waals surface area contributed by atoms with Gasteiger partial charge < -0.3 is 5.32 Å². The zero-order valence-electron chi connectivity index (χ0n) is 7.85. The summed E-state index contributed by atoms with van der Waals surface area (Å²) in [6, 6.07) is 1.71. The van der Waals surface area contributed by atoms with E-state index in [2.05, 4.69) is 26.1 Å². The molecule has 64 valence electrons. The highest BCUT2D eigenvalue weighted by atomic mass is 15.0. The lowest BCUT2D eigenvalue weighted by Crippen LogP contribution is -2.32. The quantitative estimate of drug-likeness (QED) is 0.562. The van der Waals surface area contributed by atoms with E-state index in [1.165, 1.54) is 19.3 Å². The number of hydrogen-bond acceptors (Lipinski definition) is 1. The van der Waals surface area contributed by atoms with Gasteiger partial charge in [0.15, 0.2) is 0 Å². The molecule has 1 nitrogen and oxygen atoms in total. The van der Waals surface area contributed by atoms with Gasteiger partial charge in [0.1, 0.15) is 0 Å². The van der Waals surface area contributed by atoms with Crippen LogP contribution in [0.4, 0.5) is 0 Å². The zero-order chi connectivity index (χ0) is 8.06. The van der Waals surface area contributed by atoms with Gasteiger partial charge in [0.05, 0.1) is 0 Å². The monoisotopic (exact) mass is 153 g/mol. The lowest BCUT2D eigenvalue weighted by atomic mass is 9.72. The zero-order valence-corrected chi connectivity index (χ0v) is 7.85. The Morgan fingerprint density at radius 3 is 2.18 bits per heavy atom. The molecule has 2 saturated heterocycles. The summed E-state index contributed by atoms with van der Waals surface area (Å²) in [5.41, 5.74) is 0.521. The first kappa shape index (κ1) is 7.60. The first-order chi connectivity index (χ1) is 5.07. The molecule has 0 amide bonds. The predicted molar refractivity (Wildman–Crippen MR) is 47.5 cm³/mol. The first-order valence-electron chi connectivity index (χ1n) is 4.83. The maximum absolute atomic E-state index is 3.68. The van der Waals surface area contributed by atoms with Crippen LogP contribution in [0, 0.1) is 11.3 Å². The van der Waals surface area contributed by atoms with Crippen LogP contribution in [0.1, 0.15) is 40.0 Å². The summed E-state index contributed by atoms with van der Waals surface area (Å²) in [7, 11) is 0. The van der Waals surface area contributed by atoms with Crippen molar-refractivity contribution >= 4 is 0 Å². The van der Waals surface area contributed by atoms with Crippen LogP contribution in [0.25, 0.3) is 0 Å². The van der Waals surface area contributed by atoms with Crippen molar-refractivity contribution in [3.63, 3.8) is 0 Å². The number of fused-ring (bicyclic) bond motifs is 2. The van der Waals surface area contributed by atoms with E-state index < -0.39 is 0 Å². The normalized spacial score (nSPS) is 43.4. The van der Waals surface area contributed by atoms with Crippen LogP contribution >= 0.6 is 0 Å². The summed E-state index contributed by atoms with van der Waals surface area (Å²) < 4.78 is 0. The number of rotatable bonds is 0. The Kier molecular flexibility index (Phi) is 1.54. The van der Waals surface area contributed by atoms with Crippen molar-refractivity contribution in [2.45, 2.75) is 52.1 Å². The van der Waals surface area contributed by atoms with Gasteiger partial charge in [-0.2, -0.15) is 0 Å². The van der Waals surface area contributed by atoms with E-state index in [9.17, 15) is 0 Å². The molecule has 2 bridgehead atoms. The van der Waals surface area contributed by atoms with Gasteiger partial charge in [-0.05, 0) is 30.6 Å². The molecule has 1 unspecified atom stereocenters. The van der Waals surface area contributed by atoms with Crippen molar-refractivity contribution in [1.82, 2.24) is 5.32 Å². The lowest BCUT2D eigenvalue weighted by molar-refractivity contribution is 0.199. The highest BCUT2D eigenvalue weighted by molar-refractivity contribution is 5.00. The summed E-state index contributed by atoms with van der Waals surface area (Å²) in [5, 5.41) is 3.68. The van der Waals surface area contributed by atoms with Gasteiger partial charge in [-0.15, -0.1) is 0 Å². The Balaban J connectivity index is 2.08. The molecule has 0 aliphatic carbocycles. The van der Waals surface area contributed by atoms with E-state index >= 15 is 0 Å². The van der Waals surface area contributed by atoms with Gasteiger partial charge in [-0.25, -0.2) is 0 Å². The molecule has 2 aliphatic rings. The van der Waals surface area contributed by atoms with Crippen molar-refractivity contribution in [2.75, 3.05) is 0 Å². The molecule has 3 atom stereocenters. The van der Waals surface area contributed by atoms with E-state index in [0.29, 0.717) is 5.41 Å². The molecular weight excluding hydrogens is 134 g/mol. The highest BCUT2D eigenvalue weighted by Crippen LogP contribution is 2.43. The third kappa shape index (κ3) is 1.20. The fraction of sp³-hybridized carbons (Fsp3) is 1.00. The molecule has 2 heterocycles. The third-order valence-electron chi connectivity index (χ3n) is 3.41. The molecule has 0 saturated carbocycles. The lowest BCUT2D eigenvalue weighted by Gasteiger charge is -2.32. The van der Waals surface area contributed by atoms with Crippen LogP contribution in [-0.4, -0.2) is 12.1 Å². The van der Waals surface area contributed by atoms with E-state index in [-0.39, 0.29) is 0 Å². The molecular formula is C10H19N. The predicted octanol–water partition coefficient (Wildman–Crippen LogP) is 2.17. The molecule has 0 aromatic carbocycles. The summed E-state index contributed by atoms with van der Waals surface area (Å²) in [5.74, 6) is 0.932. The second-order valence-corrected chi connectivity index (χ2v) is 5.26. The topological polar surface area (TPSA) is 12.0 Å². The average Bonchev–Trinajstić information content (AvgIpc) is 2.42. The highest BCUT2D eigenvalue weighted by Gasteiger charge is 2.43. The summed E-state index contributed by atoms with van der Waals surface area (Å²) in [6.07, 6.45) is 4.28. The Labute approximate surface area is 69.6 Å². The molecule has 0 aromatic rings. The average molecular weight is 153 g/mol. The molecule has 0 spiro atoms. The van der Waals surface area contributed by atoms with Crippen LogP contribution in [0.15, 0.2) is 0 Å². The Hall–Kier alpha value is -0.0400. The molecule has 1 heteroatoms. The van der Waals surface area contributed by atoms with Gasteiger partial charge in [0.25, 0.3) is 0 Å². The Morgan fingerprint density at radius 2 is 1.91 bits per heavy atom. The van der Waals surface area contributed by atoms with Crippen LogP contribution in [0.5, 0.6) is 0 Å². The van der Waals surface area contributed by atoms with Crippen molar-refractivity contribution in [3.8, 4) is 0 Å². The van der Waals surface area contributed by atoms with E-state index in [0.717, 1.165) is 18.0 Å². The summed E-state index contributed by atoms with van der Waals surface area (Å²) in [6.45, 7) is 7.13. The van der Waals surface area contributed by atoms with Crippen LogP contribution < -0.4 is 5.32 Å². The molecule has 1 N–H and O–H groups in total. The van der Waals surface area contributed by atoms with Crippen molar-refractivity contribution in [2.24, 2.45) is 11.3 Å². The van der Waals surface area contributed by atoms with Crippen LogP contribution in [0.2, 0.25) is 0 Å². The van der Waals surface area contributed by atoms with Crippen LogP contribution in [0.3, 0.4) is 0 Å². The van der Waals surface area contributed by atoms with Gasteiger partial charge in [0, 0.05) is 12.1 Å². The number of nitrogens with one attached hydrogen (secondary N) is 1.